The topological polar surface area (TPSA) is 99.9 Å². The van der Waals surface area contributed by atoms with Gasteiger partial charge in [0, 0.05) is 5.39 Å². The Kier molecular flexibility index (Phi) is 6.80. The number of hydrogen-bond acceptors (Lipinski definition) is 7. The number of ether oxygens (including phenoxy) is 3. The molecule has 0 atom stereocenters. The van der Waals surface area contributed by atoms with Crippen LogP contribution in [0.15, 0.2) is 53.3 Å². The maximum absolute atomic E-state index is 12.5. The van der Waals surface area contributed by atoms with Crippen molar-refractivity contribution in [2.75, 3.05) is 26.4 Å². The number of aromatic nitrogens is 2. The Balaban J connectivity index is 1.65. The van der Waals surface area contributed by atoms with Crippen molar-refractivity contribution in [3.05, 3.63) is 64.6 Å². The molecule has 8 nitrogen and oxygen atoms in total. The van der Waals surface area contributed by atoms with Crippen molar-refractivity contribution in [1.29, 1.82) is 0 Å². The number of carbonyl (C=O) groups is 1. The summed E-state index contributed by atoms with van der Waals surface area (Å²) in [5.74, 6) is 0.718. The molecule has 0 radical (unpaired) electrons. The first-order valence-electron chi connectivity index (χ1n) is 9.27. The largest absolute Gasteiger partial charge is 0.494 e. The minimum atomic E-state index is -0.664. The van der Waals surface area contributed by atoms with E-state index in [4.69, 9.17) is 19.3 Å². The lowest BCUT2D eigenvalue weighted by molar-refractivity contribution is 0.0443. The molecule has 0 aliphatic carbocycles. The van der Waals surface area contributed by atoms with Crippen molar-refractivity contribution in [3.8, 4) is 11.5 Å². The minimum Gasteiger partial charge on any atom is -0.494 e. The molecule has 2 aromatic carbocycles. The molecule has 0 bridgehead atoms. The number of rotatable bonds is 9. The van der Waals surface area contributed by atoms with Gasteiger partial charge in [0.15, 0.2) is 5.69 Å². The Labute approximate surface area is 167 Å². The standard InChI is InChI=1S/C21H22N2O6/c1-2-27-15-7-9-16(10-8-15)28-13-14-29-21(26)19-17-5-3-4-6-18(17)20(25)23(22-19)11-12-24/h3-10,24H,2,11-14H2,1H3. The highest BCUT2D eigenvalue weighted by atomic mass is 16.6. The smallest absolute Gasteiger partial charge is 0.359 e. The highest BCUT2D eigenvalue weighted by molar-refractivity contribution is 6.02. The van der Waals surface area contributed by atoms with Gasteiger partial charge in [-0.1, -0.05) is 18.2 Å². The normalized spacial score (nSPS) is 10.7. The van der Waals surface area contributed by atoms with Gasteiger partial charge in [-0.3, -0.25) is 4.79 Å². The van der Waals surface area contributed by atoms with E-state index in [9.17, 15) is 9.59 Å². The molecule has 0 unspecified atom stereocenters. The van der Waals surface area contributed by atoms with Gasteiger partial charge in [-0.05, 0) is 37.3 Å². The van der Waals surface area contributed by atoms with Crippen LogP contribution in [0.5, 0.6) is 11.5 Å². The van der Waals surface area contributed by atoms with Crippen molar-refractivity contribution in [2.45, 2.75) is 13.5 Å². The van der Waals surface area contributed by atoms with E-state index in [1.54, 1.807) is 48.5 Å². The van der Waals surface area contributed by atoms with Gasteiger partial charge in [-0.2, -0.15) is 5.10 Å². The molecule has 3 aromatic rings. The van der Waals surface area contributed by atoms with Gasteiger partial charge >= 0.3 is 5.97 Å². The van der Waals surface area contributed by atoms with Crippen LogP contribution in [0.4, 0.5) is 0 Å². The van der Waals surface area contributed by atoms with Crippen LogP contribution in [0.25, 0.3) is 10.8 Å². The molecule has 0 saturated heterocycles. The van der Waals surface area contributed by atoms with Crippen molar-refractivity contribution >= 4 is 16.7 Å². The molecule has 0 amide bonds. The summed E-state index contributed by atoms with van der Waals surface area (Å²) in [6, 6.07) is 13.8. The van der Waals surface area contributed by atoms with E-state index >= 15 is 0 Å². The lowest BCUT2D eigenvalue weighted by Gasteiger charge is -2.11. The number of aliphatic hydroxyl groups excluding tert-OH is 1. The van der Waals surface area contributed by atoms with Gasteiger partial charge < -0.3 is 19.3 Å². The van der Waals surface area contributed by atoms with Crippen LogP contribution >= 0.6 is 0 Å². The van der Waals surface area contributed by atoms with Gasteiger partial charge in [-0.15, -0.1) is 0 Å². The summed E-state index contributed by atoms with van der Waals surface area (Å²) >= 11 is 0. The van der Waals surface area contributed by atoms with Crippen LogP contribution in [0.3, 0.4) is 0 Å². The monoisotopic (exact) mass is 398 g/mol. The average Bonchev–Trinajstić information content (AvgIpc) is 2.74. The second kappa shape index (κ2) is 9.70. The SMILES string of the molecule is CCOc1ccc(OCCOC(=O)c2nn(CCO)c(=O)c3ccccc23)cc1. The third-order valence-electron chi connectivity index (χ3n) is 4.09. The summed E-state index contributed by atoms with van der Waals surface area (Å²) in [6.45, 7) is 2.40. The molecule has 0 spiro atoms. The van der Waals surface area contributed by atoms with Gasteiger partial charge in [0.05, 0.1) is 25.1 Å². The van der Waals surface area contributed by atoms with E-state index in [-0.39, 0.29) is 37.6 Å². The number of hydrogen-bond donors (Lipinski definition) is 1. The van der Waals surface area contributed by atoms with Gasteiger partial charge in [-0.25, -0.2) is 9.48 Å². The second-order valence-corrected chi connectivity index (χ2v) is 6.03. The average molecular weight is 398 g/mol. The molecule has 152 valence electrons. The van der Waals surface area contributed by atoms with Crippen molar-refractivity contribution in [2.24, 2.45) is 0 Å². The molecular formula is C21H22N2O6. The first kappa shape index (κ1) is 20.3. The number of esters is 1. The molecule has 29 heavy (non-hydrogen) atoms. The summed E-state index contributed by atoms with van der Waals surface area (Å²) in [4.78, 5) is 24.9. The van der Waals surface area contributed by atoms with E-state index in [1.807, 2.05) is 6.92 Å². The number of aliphatic hydroxyl groups is 1. The highest BCUT2D eigenvalue weighted by Crippen LogP contribution is 2.18. The Hall–Kier alpha value is -3.39. The van der Waals surface area contributed by atoms with Gasteiger partial charge in [0.1, 0.15) is 24.7 Å². The zero-order valence-corrected chi connectivity index (χ0v) is 16.0. The molecule has 1 aromatic heterocycles. The number of nitrogens with zero attached hydrogens (tertiary/aromatic N) is 2. The molecule has 0 aliphatic rings. The summed E-state index contributed by atoms with van der Waals surface area (Å²) in [5, 5.41) is 14.0. The van der Waals surface area contributed by atoms with Gasteiger partial charge in [0.25, 0.3) is 5.56 Å². The van der Waals surface area contributed by atoms with Crippen LogP contribution in [0.2, 0.25) is 0 Å². The van der Waals surface area contributed by atoms with Crippen LogP contribution in [0.1, 0.15) is 17.4 Å². The zero-order chi connectivity index (χ0) is 20.6. The molecule has 0 saturated carbocycles. The van der Waals surface area contributed by atoms with Crippen LogP contribution < -0.4 is 15.0 Å². The third kappa shape index (κ3) is 4.91. The lowest BCUT2D eigenvalue weighted by Crippen LogP contribution is -2.28. The maximum atomic E-state index is 12.5. The molecular weight excluding hydrogens is 376 g/mol. The molecule has 8 heteroatoms. The van der Waals surface area contributed by atoms with Crippen LogP contribution in [-0.2, 0) is 11.3 Å². The maximum Gasteiger partial charge on any atom is 0.359 e. The summed E-state index contributed by atoms with van der Waals surface area (Å²) in [5.41, 5.74) is -0.347. The molecule has 0 aliphatic heterocycles. The predicted molar refractivity (Wildman–Crippen MR) is 106 cm³/mol. The Morgan fingerprint density at radius 1 is 1.00 bits per heavy atom. The second-order valence-electron chi connectivity index (χ2n) is 6.03. The number of benzene rings is 2. The van der Waals surface area contributed by atoms with Crippen molar-refractivity contribution < 1.29 is 24.1 Å². The fourth-order valence-corrected chi connectivity index (χ4v) is 2.79. The third-order valence-corrected chi connectivity index (χ3v) is 4.09. The predicted octanol–water partition coefficient (Wildman–Crippen LogP) is 2.02. The summed E-state index contributed by atoms with van der Waals surface area (Å²) < 4.78 is 17.2. The van der Waals surface area contributed by atoms with Crippen LogP contribution in [-0.4, -0.2) is 47.3 Å². The Bertz CT molecular complexity index is 1030. The molecule has 1 N–H and O–H groups in total. The highest BCUT2D eigenvalue weighted by Gasteiger charge is 2.17. The molecule has 3 rings (SSSR count). The van der Waals surface area contributed by atoms with Crippen molar-refractivity contribution in [3.63, 3.8) is 0 Å². The van der Waals surface area contributed by atoms with E-state index in [1.165, 1.54) is 0 Å². The van der Waals surface area contributed by atoms with E-state index in [2.05, 4.69) is 5.10 Å². The Morgan fingerprint density at radius 3 is 2.31 bits per heavy atom. The summed E-state index contributed by atoms with van der Waals surface area (Å²) in [7, 11) is 0. The lowest BCUT2D eigenvalue weighted by atomic mass is 10.1. The first-order valence-corrected chi connectivity index (χ1v) is 9.27. The summed E-state index contributed by atoms with van der Waals surface area (Å²) in [6.07, 6.45) is 0. The first-order chi connectivity index (χ1) is 14.1. The Morgan fingerprint density at radius 2 is 1.66 bits per heavy atom. The van der Waals surface area contributed by atoms with Gasteiger partial charge in [0.2, 0.25) is 0 Å². The van der Waals surface area contributed by atoms with Crippen molar-refractivity contribution in [1.82, 2.24) is 9.78 Å². The minimum absolute atomic E-state index is 0.00913. The number of carbonyl (C=O) groups excluding carboxylic acids is 1. The van der Waals surface area contributed by atoms with Crippen LogP contribution in [0, 0.1) is 0 Å². The van der Waals surface area contributed by atoms with E-state index < -0.39 is 5.97 Å². The quantitative estimate of drug-likeness (QED) is 0.435. The zero-order valence-electron chi connectivity index (χ0n) is 16.0. The number of fused-ring (bicyclic) bond motifs is 1. The molecule has 1 heterocycles. The molecule has 0 fully saturated rings. The fraction of sp³-hybridized carbons (Fsp3) is 0.286. The van der Waals surface area contributed by atoms with E-state index in [0.717, 1.165) is 10.4 Å². The van der Waals surface area contributed by atoms with E-state index in [0.29, 0.717) is 23.1 Å². The fourth-order valence-electron chi connectivity index (χ4n) is 2.79.